The van der Waals surface area contributed by atoms with Crippen molar-refractivity contribution in [1.82, 2.24) is 9.97 Å². The minimum Gasteiger partial charge on any atom is -0.354 e. The first kappa shape index (κ1) is 15.7. The maximum atomic E-state index is 11.3. The molecule has 0 aliphatic carbocycles. The number of aryl methyl sites for hydroxylation is 1. The molecule has 2 aromatic rings. The molecule has 6 nitrogen and oxygen atoms in total. The van der Waals surface area contributed by atoms with Gasteiger partial charge in [-0.05, 0) is 32.0 Å². The molecule has 1 aromatic carbocycles. The van der Waals surface area contributed by atoms with Gasteiger partial charge in [0.1, 0.15) is 5.69 Å². The Balaban J connectivity index is 2.46. The molecular formula is C13H13BrN4O2S. The average molecular weight is 369 g/mol. The SMILES string of the molecule is CCNc1nc(C)c([N+](=O)[O-])c(Sc2cccc(Br)c2)n1. The van der Waals surface area contributed by atoms with Crippen molar-refractivity contribution >= 4 is 39.3 Å². The number of aromatic nitrogens is 2. The van der Waals surface area contributed by atoms with E-state index < -0.39 is 4.92 Å². The number of benzene rings is 1. The van der Waals surface area contributed by atoms with Gasteiger partial charge >= 0.3 is 5.69 Å². The molecule has 1 aromatic heterocycles. The summed E-state index contributed by atoms with van der Waals surface area (Å²) in [6, 6.07) is 7.54. The first-order valence-corrected chi connectivity index (χ1v) is 7.82. The van der Waals surface area contributed by atoms with Crippen LogP contribution >= 0.6 is 27.7 Å². The number of hydrogen-bond donors (Lipinski definition) is 1. The van der Waals surface area contributed by atoms with Gasteiger partial charge in [-0.1, -0.05) is 33.8 Å². The minimum absolute atomic E-state index is 0.0540. The number of anilines is 1. The first-order chi connectivity index (χ1) is 10.0. The third-order valence-electron chi connectivity index (χ3n) is 2.55. The van der Waals surface area contributed by atoms with Crippen LogP contribution < -0.4 is 5.32 Å². The highest BCUT2D eigenvalue weighted by molar-refractivity contribution is 9.10. The minimum atomic E-state index is -0.439. The highest BCUT2D eigenvalue weighted by Crippen LogP contribution is 2.36. The van der Waals surface area contributed by atoms with Crippen molar-refractivity contribution in [3.8, 4) is 0 Å². The van der Waals surface area contributed by atoms with Crippen molar-refractivity contribution in [2.75, 3.05) is 11.9 Å². The van der Waals surface area contributed by atoms with Gasteiger partial charge in [0.15, 0.2) is 5.03 Å². The van der Waals surface area contributed by atoms with Crippen LogP contribution in [-0.2, 0) is 0 Å². The van der Waals surface area contributed by atoms with Crippen LogP contribution in [-0.4, -0.2) is 21.4 Å². The standard InChI is InChI=1S/C13H13BrN4O2S/c1-3-15-13-16-8(2)11(18(19)20)12(17-13)21-10-6-4-5-9(14)7-10/h4-7H,3H2,1-2H3,(H,15,16,17). The molecule has 0 saturated heterocycles. The lowest BCUT2D eigenvalue weighted by molar-refractivity contribution is -0.389. The van der Waals surface area contributed by atoms with Gasteiger partial charge in [0.25, 0.3) is 0 Å². The zero-order chi connectivity index (χ0) is 15.4. The topological polar surface area (TPSA) is 81.0 Å². The molecule has 0 atom stereocenters. The Morgan fingerprint density at radius 2 is 2.19 bits per heavy atom. The summed E-state index contributed by atoms with van der Waals surface area (Å²) in [4.78, 5) is 20.1. The second kappa shape index (κ2) is 6.86. The van der Waals surface area contributed by atoms with E-state index in [1.165, 1.54) is 11.8 Å². The predicted molar refractivity (Wildman–Crippen MR) is 85.9 cm³/mol. The largest absolute Gasteiger partial charge is 0.354 e. The molecule has 110 valence electrons. The van der Waals surface area contributed by atoms with E-state index in [0.717, 1.165) is 9.37 Å². The monoisotopic (exact) mass is 368 g/mol. The molecule has 0 fully saturated rings. The first-order valence-electron chi connectivity index (χ1n) is 6.21. The third kappa shape index (κ3) is 3.92. The summed E-state index contributed by atoms with van der Waals surface area (Å²) < 4.78 is 0.910. The molecule has 0 unspecified atom stereocenters. The third-order valence-corrected chi connectivity index (χ3v) is 4.02. The molecule has 0 aliphatic heterocycles. The number of rotatable bonds is 5. The van der Waals surface area contributed by atoms with Crippen LogP contribution in [0, 0.1) is 17.0 Å². The van der Waals surface area contributed by atoms with Crippen molar-refractivity contribution in [2.45, 2.75) is 23.8 Å². The molecule has 8 heteroatoms. The molecule has 1 heterocycles. The van der Waals surface area contributed by atoms with Crippen LogP contribution in [0.4, 0.5) is 11.6 Å². The maximum Gasteiger partial charge on any atom is 0.322 e. The fraction of sp³-hybridized carbons (Fsp3) is 0.231. The van der Waals surface area contributed by atoms with E-state index >= 15 is 0 Å². The molecule has 0 bridgehead atoms. The van der Waals surface area contributed by atoms with Crippen molar-refractivity contribution in [2.24, 2.45) is 0 Å². The molecule has 0 radical (unpaired) electrons. The van der Waals surface area contributed by atoms with Gasteiger partial charge in [-0.25, -0.2) is 4.98 Å². The summed E-state index contributed by atoms with van der Waals surface area (Å²) in [5.74, 6) is 0.401. The highest BCUT2D eigenvalue weighted by atomic mass is 79.9. The molecule has 0 saturated carbocycles. The lowest BCUT2D eigenvalue weighted by Gasteiger charge is -2.08. The molecule has 0 spiro atoms. The molecular weight excluding hydrogens is 356 g/mol. The Morgan fingerprint density at radius 1 is 1.43 bits per heavy atom. The average Bonchev–Trinajstić information content (AvgIpc) is 2.38. The summed E-state index contributed by atoms with van der Waals surface area (Å²) in [6.45, 7) is 4.19. The summed E-state index contributed by atoms with van der Waals surface area (Å²) in [5.41, 5.74) is 0.296. The second-order valence-corrected chi connectivity index (χ2v) is 6.11. The van der Waals surface area contributed by atoms with Crippen molar-refractivity contribution < 1.29 is 4.92 Å². The molecule has 21 heavy (non-hydrogen) atoms. The Bertz CT molecular complexity index is 681. The number of nitrogens with zero attached hydrogens (tertiary/aromatic N) is 3. The van der Waals surface area contributed by atoms with Crippen molar-refractivity contribution in [3.05, 3.63) is 44.5 Å². The number of nitro groups is 1. The van der Waals surface area contributed by atoms with Crippen LogP contribution in [0.15, 0.2) is 38.7 Å². The van der Waals surface area contributed by atoms with Crippen LogP contribution in [0.5, 0.6) is 0 Å². The van der Waals surface area contributed by atoms with Gasteiger partial charge < -0.3 is 5.32 Å². The van der Waals surface area contributed by atoms with E-state index in [9.17, 15) is 10.1 Å². The van der Waals surface area contributed by atoms with E-state index in [4.69, 9.17) is 0 Å². The summed E-state index contributed by atoms with van der Waals surface area (Å²) in [6.07, 6.45) is 0. The van der Waals surface area contributed by atoms with Gasteiger partial charge in [-0.15, -0.1) is 0 Å². The Labute approximate surface area is 134 Å². The zero-order valence-electron chi connectivity index (χ0n) is 11.5. The lowest BCUT2D eigenvalue weighted by atomic mass is 10.4. The van der Waals surface area contributed by atoms with E-state index in [1.807, 2.05) is 31.2 Å². The molecule has 2 rings (SSSR count). The molecule has 0 amide bonds. The summed E-state index contributed by atoms with van der Waals surface area (Å²) >= 11 is 4.63. The normalized spacial score (nSPS) is 10.4. The fourth-order valence-corrected chi connectivity index (χ4v) is 3.26. The van der Waals surface area contributed by atoms with Crippen molar-refractivity contribution in [3.63, 3.8) is 0 Å². The molecule has 1 N–H and O–H groups in total. The highest BCUT2D eigenvalue weighted by Gasteiger charge is 2.22. The van der Waals surface area contributed by atoms with Crippen molar-refractivity contribution in [1.29, 1.82) is 0 Å². The summed E-state index contributed by atoms with van der Waals surface area (Å²) in [5, 5.41) is 14.6. The number of halogens is 1. The number of hydrogen-bond acceptors (Lipinski definition) is 6. The summed E-state index contributed by atoms with van der Waals surface area (Å²) in [7, 11) is 0. The Kier molecular flexibility index (Phi) is 5.13. The van der Waals surface area contributed by atoms with E-state index in [-0.39, 0.29) is 5.69 Å². The predicted octanol–water partition coefficient (Wildman–Crippen LogP) is 4.04. The zero-order valence-corrected chi connectivity index (χ0v) is 13.9. The second-order valence-electron chi connectivity index (χ2n) is 4.13. The van der Waals surface area contributed by atoms with Gasteiger partial charge in [0.05, 0.1) is 4.92 Å². The van der Waals surface area contributed by atoms with Gasteiger partial charge in [-0.2, -0.15) is 4.98 Å². The van der Waals surface area contributed by atoms with Crippen LogP contribution in [0.25, 0.3) is 0 Å². The maximum absolute atomic E-state index is 11.3. The molecule has 0 aliphatic rings. The van der Waals surface area contributed by atoms with Gasteiger partial charge in [0, 0.05) is 15.9 Å². The number of nitrogens with one attached hydrogen (secondary N) is 1. The van der Waals surface area contributed by atoms with Crippen LogP contribution in [0.3, 0.4) is 0 Å². The quantitative estimate of drug-likeness (QED) is 0.487. The van der Waals surface area contributed by atoms with E-state index in [0.29, 0.717) is 23.2 Å². The smallest absolute Gasteiger partial charge is 0.322 e. The van der Waals surface area contributed by atoms with Crippen LogP contribution in [0.1, 0.15) is 12.6 Å². The van der Waals surface area contributed by atoms with Gasteiger partial charge in [-0.3, -0.25) is 10.1 Å². The van der Waals surface area contributed by atoms with E-state index in [2.05, 4.69) is 31.2 Å². The van der Waals surface area contributed by atoms with E-state index in [1.54, 1.807) is 6.92 Å². The Hall–Kier alpha value is -1.67. The van der Waals surface area contributed by atoms with Crippen LogP contribution in [0.2, 0.25) is 0 Å². The lowest BCUT2D eigenvalue weighted by Crippen LogP contribution is -2.07. The van der Waals surface area contributed by atoms with Gasteiger partial charge in [0.2, 0.25) is 5.95 Å². The Morgan fingerprint density at radius 3 is 2.81 bits per heavy atom. The fourth-order valence-electron chi connectivity index (χ4n) is 1.70.